The quantitative estimate of drug-likeness (QED) is 0.580. The number of aromatic nitrogens is 2. The summed E-state index contributed by atoms with van der Waals surface area (Å²) in [5.41, 5.74) is 2.17. The lowest BCUT2D eigenvalue weighted by atomic mass is 10.1. The topological polar surface area (TPSA) is 66.9 Å². The molecule has 5 nitrogen and oxygen atoms in total. The lowest BCUT2D eigenvalue weighted by molar-refractivity contribution is 0.101. The summed E-state index contributed by atoms with van der Waals surface area (Å²) in [6.45, 7) is 1.53. The molecule has 3 rings (SSSR count). The molecule has 0 saturated carbocycles. The van der Waals surface area contributed by atoms with Crippen molar-refractivity contribution in [3.05, 3.63) is 70.5 Å². The van der Waals surface area contributed by atoms with E-state index in [-0.39, 0.29) is 5.78 Å². The van der Waals surface area contributed by atoms with Gasteiger partial charge in [0.15, 0.2) is 5.78 Å². The highest BCUT2D eigenvalue weighted by atomic mass is 35.5. The monoisotopic (exact) mass is 372 g/mol. The van der Waals surface area contributed by atoms with Crippen molar-refractivity contribution in [2.24, 2.45) is 0 Å². The van der Waals surface area contributed by atoms with Gasteiger partial charge in [-0.3, -0.25) is 4.79 Å². The number of hydrogen-bond donors (Lipinski definition) is 2. The van der Waals surface area contributed by atoms with Crippen LogP contribution >= 0.6 is 23.2 Å². The van der Waals surface area contributed by atoms with E-state index in [1.807, 2.05) is 12.1 Å². The Morgan fingerprint density at radius 3 is 2.24 bits per heavy atom. The van der Waals surface area contributed by atoms with Crippen molar-refractivity contribution in [1.82, 2.24) is 9.97 Å². The first kappa shape index (κ1) is 17.2. The van der Waals surface area contributed by atoms with Crippen LogP contribution in [0.25, 0.3) is 0 Å². The molecule has 25 heavy (non-hydrogen) atoms. The van der Waals surface area contributed by atoms with Gasteiger partial charge in [0.25, 0.3) is 0 Å². The number of hydrogen-bond acceptors (Lipinski definition) is 5. The van der Waals surface area contributed by atoms with Crippen molar-refractivity contribution in [3.8, 4) is 0 Å². The molecule has 0 unspecified atom stereocenters. The third-order valence-corrected chi connectivity index (χ3v) is 3.97. The lowest BCUT2D eigenvalue weighted by Gasteiger charge is -2.10. The van der Waals surface area contributed by atoms with Crippen LogP contribution in [0.2, 0.25) is 10.0 Å². The molecule has 0 radical (unpaired) electrons. The number of nitrogens with one attached hydrogen (secondary N) is 2. The fraction of sp³-hybridized carbons (Fsp3) is 0.0556. The molecule has 1 heterocycles. The number of benzene rings is 2. The largest absolute Gasteiger partial charge is 0.340 e. The number of ketones is 1. The highest BCUT2D eigenvalue weighted by Gasteiger charge is 2.05. The molecule has 0 amide bonds. The molecule has 0 aliphatic rings. The van der Waals surface area contributed by atoms with Crippen LogP contribution in [0.5, 0.6) is 0 Å². The zero-order chi connectivity index (χ0) is 17.8. The summed E-state index contributed by atoms with van der Waals surface area (Å²) < 4.78 is 0. The maximum atomic E-state index is 11.3. The Bertz CT molecular complexity index is 913. The van der Waals surface area contributed by atoms with Crippen molar-refractivity contribution in [2.45, 2.75) is 6.92 Å². The number of Topliss-reactive ketones (excluding diaryl/α,β-unsaturated/α-hetero) is 1. The van der Waals surface area contributed by atoms with Gasteiger partial charge in [-0.1, -0.05) is 23.2 Å². The van der Waals surface area contributed by atoms with E-state index in [4.69, 9.17) is 23.2 Å². The van der Waals surface area contributed by atoms with E-state index in [1.54, 1.807) is 36.4 Å². The molecule has 0 aliphatic heterocycles. The smallest absolute Gasteiger partial charge is 0.159 e. The first-order chi connectivity index (χ1) is 12.0. The molecule has 126 valence electrons. The maximum Gasteiger partial charge on any atom is 0.159 e. The summed E-state index contributed by atoms with van der Waals surface area (Å²) >= 11 is 12.1. The Kier molecular flexibility index (Phi) is 5.16. The summed E-state index contributed by atoms with van der Waals surface area (Å²) in [6, 6.07) is 14.1. The number of carbonyl (C=O) groups is 1. The van der Waals surface area contributed by atoms with E-state index < -0.39 is 0 Å². The van der Waals surface area contributed by atoms with Gasteiger partial charge in [-0.05, 0) is 49.4 Å². The Balaban J connectivity index is 1.76. The van der Waals surface area contributed by atoms with Crippen molar-refractivity contribution >= 4 is 52.0 Å². The normalized spacial score (nSPS) is 10.4. The second-order valence-electron chi connectivity index (χ2n) is 5.30. The predicted molar refractivity (Wildman–Crippen MR) is 102 cm³/mol. The van der Waals surface area contributed by atoms with E-state index in [9.17, 15) is 4.79 Å². The second-order valence-corrected chi connectivity index (χ2v) is 6.14. The number of halogens is 2. The van der Waals surface area contributed by atoms with Gasteiger partial charge >= 0.3 is 0 Å². The van der Waals surface area contributed by atoms with Gasteiger partial charge in [0.1, 0.15) is 18.0 Å². The van der Waals surface area contributed by atoms with Gasteiger partial charge in [0.2, 0.25) is 0 Å². The predicted octanol–water partition coefficient (Wildman–Crippen LogP) is 5.47. The van der Waals surface area contributed by atoms with Crippen LogP contribution in [-0.2, 0) is 0 Å². The van der Waals surface area contributed by atoms with E-state index in [1.165, 1.54) is 13.3 Å². The Hall–Kier alpha value is -2.63. The van der Waals surface area contributed by atoms with E-state index in [2.05, 4.69) is 20.6 Å². The standard InChI is InChI=1S/C18H14Cl2N4O/c1-11(25)12-2-5-14(6-3-12)23-17-9-18(22-10-21-17)24-16-7-4-13(19)8-15(16)20/h2-10H,1H3,(H2,21,22,23,24). The van der Waals surface area contributed by atoms with Crippen LogP contribution in [-0.4, -0.2) is 15.8 Å². The minimum absolute atomic E-state index is 0.0277. The van der Waals surface area contributed by atoms with E-state index >= 15 is 0 Å². The first-order valence-corrected chi connectivity index (χ1v) is 8.19. The van der Waals surface area contributed by atoms with Crippen molar-refractivity contribution in [2.75, 3.05) is 10.6 Å². The molecular formula is C18H14Cl2N4O. The van der Waals surface area contributed by atoms with Gasteiger partial charge in [-0.2, -0.15) is 0 Å². The molecule has 0 saturated heterocycles. The molecule has 2 aromatic carbocycles. The molecule has 2 N–H and O–H groups in total. The zero-order valence-electron chi connectivity index (χ0n) is 13.3. The van der Waals surface area contributed by atoms with Gasteiger partial charge < -0.3 is 10.6 Å². The van der Waals surface area contributed by atoms with Crippen molar-refractivity contribution in [1.29, 1.82) is 0 Å². The molecule has 3 aromatic rings. The third kappa shape index (κ3) is 4.47. The van der Waals surface area contributed by atoms with Gasteiger partial charge in [0, 0.05) is 22.3 Å². The van der Waals surface area contributed by atoms with Crippen LogP contribution in [0.4, 0.5) is 23.0 Å². The fourth-order valence-electron chi connectivity index (χ4n) is 2.16. The first-order valence-electron chi connectivity index (χ1n) is 7.43. The molecule has 0 atom stereocenters. The third-order valence-electron chi connectivity index (χ3n) is 3.42. The molecule has 0 bridgehead atoms. The van der Waals surface area contributed by atoms with Crippen LogP contribution in [0.15, 0.2) is 54.9 Å². The zero-order valence-corrected chi connectivity index (χ0v) is 14.8. The molecule has 0 fully saturated rings. The van der Waals surface area contributed by atoms with Crippen LogP contribution in [0, 0.1) is 0 Å². The van der Waals surface area contributed by atoms with Gasteiger partial charge in [-0.25, -0.2) is 9.97 Å². The van der Waals surface area contributed by atoms with Gasteiger partial charge in [0.05, 0.1) is 10.7 Å². The van der Waals surface area contributed by atoms with Gasteiger partial charge in [-0.15, -0.1) is 0 Å². The maximum absolute atomic E-state index is 11.3. The minimum atomic E-state index is 0.0277. The molecule has 7 heteroatoms. The number of carbonyl (C=O) groups excluding carboxylic acids is 1. The van der Waals surface area contributed by atoms with Crippen LogP contribution < -0.4 is 10.6 Å². The summed E-state index contributed by atoms with van der Waals surface area (Å²) in [5, 5.41) is 7.35. The highest BCUT2D eigenvalue weighted by molar-refractivity contribution is 6.36. The Morgan fingerprint density at radius 1 is 0.920 bits per heavy atom. The summed E-state index contributed by atoms with van der Waals surface area (Å²) in [6.07, 6.45) is 1.44. The van der Waals surface area contributed by atoms with Crippen molar-refractivity contribution in [3.63, 3.8) is 0 Å². The summed E-state index contributed by atoms with van der Waals surface area (Å²) in [4.78, 5) is 19.7. The fourth-order valence-corrected chi connectivity index (χ4v) is 2.61. The summed E-state index contributed by atoms with van der Waals surface area (Å²) in [7, 11) is 0. The van der Waals surface area contributed by atoms with Crippen LogP contribution in [0.1, 0.15) is 17.3 Å². The number of nitrogens with zero attached hydrogens (tertiary/aromatic N) is 2. The van der Waals surface area contributed by atoms with E-state index in [0.29, 0.717) is 32.9 Å². The number of rotatable bonds is 5. The second kappa shape index (κ2) is 7.51. The highest BCUT2D eigenvalue weighted by Crippen LogP contribution is 2.28. The number of anilines is 4. The van der Waals surface area contributed by atoms with Crippen LogP contribution in [0.3, 0.4) is 0 Å². The Labute approximate surface area is 155 Å². The molecule has 0 aliphatic carbocycles. The summed E-state index contributed by atoms with van der Waals surface area (Å²) in [5.74, 6) is 1.22. The molecular weight excluding hydrogens is 359 g/mol. The average Bonchev–Trinajstić information content (AvgIpc) is 2.58. The SMILES string of the molecule is CC(=O)c1ccc(Nc2cc(Nc3ccc(Cl)cc3Cl)ncn2)cc1. The van der Waals surface area contributed by atoms with Crippen molar-refractivity contribution < 1.29 is 4.79 Å². The lowest BCUT2D eigenvalue weighted by Crippen LogP contribution is -1.99. The molecule has 1 aromatic heterocycles. The Morgan fingerprint density at radius 2 is 1.60 bits per heavy atom. The minimum Gasteiger partial charge on any atom is -0.340 e. The molecule has 0 spiro atoms. The average molecular weight is 373 g/mol. The van der Waals surface area contributed by atoms with E-state index in [0.717, 1.165) is 5.69 Å².